The zero-order valence-corrected chi connectivity index (χ0v) is 13.4. The molecular weight excluding hydrogens is 276 g/mol. The molecule has 0 saturated carbocycles. The third-order valence-corrected chi connectivity index (χ3v) is 4.57. The fraction of sp³-hybridized carbons (Fsp3) is 0.444. The summed E-state index contributed by atoms with van der Waals surface area (Å²) in [6, 6.07) is 8.67. The molecule has 118 valence electrons. The molecule has 1 aliphatic rings. The molecule has 2 amide bonds. The summed E-state index contributed by atoms with van der Waals surface area (Å²) in [5.41, 5.74) is 2.72. The molecule has 4 nitrogen and oxygen atoms in total. The van der Waals surface area contributed by atoms with Gasteiger partial charge in [-0.05, 0) is 36.8 Å². The number of piperidine rings is 1. The lowest BCUT2D eigenvalue weighted by molar-refractivity contribution is -0.133. The third kappa shape index (κ3) is 3.75. The van der Waals surface area contributed by atoms with Gasteiger partial charge in [0.1, 0.15) is 0 Å². The van der Waals surface area contributed by atoms with Gasteiger partial charge in [0, 0.05) is 13.1 Å². The van der Waals surface area contributed by atoms with Crippen LogP contribution >= 0.6 is 0 Å². The maximum absolute atomic E-state index is 12.1. The number of nitrogens with one attached hydrogen (secondary N) is 1. The van der Waals surface area contributed by atoms with E-state index in [9.17, 15) is 9.59 Å². The van der Waals surface area contributed by atoms with E-state index in [2.05, 4.69) is 50.0 Å². The molecule has 0 bridgehead atoms. The van der Waals surface area contributed by atoms with E-state index in [1.165, 1.54) is 17.2 Å². The molecule has 4 heteroatoms. The van der Waals surface area contributed by atoms with E-state index >= 15 is 0 Å². The monoisotopic (exact) mass is 300 g/mol. The fourth-order valence-electron chi connectivity index (χ4n) is 2.84. The summed E-state index contributed by atoms with van der Waals surface area (Å²) >= 11 is 0. The molecule has 0 unspecified atom stereocenters. The van der Waals surface area contributed by atoms with Crippen molar-refractivity contribution in [2.24, 2.45) is 0 Å². The van der Waals surface area contributed by atoms with Gasteiger partial charge in [0.2, 0.25) is 11.8 Å². The molecular formula is C18H24N2O2. The van der Waals surface area contributed by atoms with E-state index in [1.807, 2.05) is 4.90 Å². The highest BCUT2D eigenvalue weighted by molar-refractivity contribution is 5.90. The Morgan fingerprint density at radius 2 is 1.86 bits per heavy atom. The summed E-state index contributed by atoms with van der Waals surface area (Å²) in [6.45, 7) is 9.23. The highest BCUT2D eigenvalue weighted by Gasteiger charge is 2.33. The number of carbonyl (C=O) groups excluding carboxylic acids is 2. The van der Waals surface area contributed by atoms with E-state index in [0.29, 0.717) is 0 Å². The van der Waals surface area contributed by atoms with Crippen molar-refractivity contribution in [2.75, 3.05) is 19.6 Å². The number of hydrogen-bond acceptors (Lipinski definition) is 2. The van der Waals surface area contributed by atoms with E-state index < -0.39 is 0 Å². The number of amides is 2. The van der Waals surface area contributed by atoms with Gasteiger partial charge in [-0.15, -0.1) is 0 Å². The van der Waals surface area contributed by atoms with Crippen molar-refractivity contribution >= 4 is 11.8 Å². The molecule has 0 atom stereocenters. The second-order valence-electron chi connectivity index (χ2n) is 6.23. The van der Waals surface area contributed by atoms with Crippen LogP contribution in [0.3, 0.4) is 0 Å². The molecule has 1 aromatic rings. The molecule has 1 aromatic carbocycles. The maximum atomic E-state index is 12.1. The summed E-state index contributed by atoms with van der Waals surface area (Å²) in [5.74, 6) is -0.337. The fourth-order valence-corrected chi connectivity index (χ4v) is 2.84. The van der Waals surface area contributed by atoms with Crippen LogP contribution in [-0.4, -0.2) is 36.3 Å². The van der Waals surface area contributed by atoms with Crippen LogP contribution < -0.4 is 5.32 Å². The van der Waals surface area contributed by atoms with Crippen molar-refractivity contribution in [1.82, 2.24) is 10.2 Å². The lowest BCUT2D eigenvalue weighted by atomic mass is 9.74. The van der Waals surface area contributed by atoms with Crippen LogP contribution in [0.15, 0.2) is 36.9 Å². The van der Waals surface area contributed by atoms with Crippen molar-refractivity contribution < 1.29 is 9.59 Å². The van der Waals surface area contributed by atoms with Crippen molar-refractivity contribution in [3.05, 3.63) is 48.0 Å². The predicted octanol–water partition coefficient (Wildman–Crippen LogP) is 2.18. The normalized spacial score (nSPS) is 16.9. The summed E-state index contributed by atoms with van der Waals surface area (Å²) in [4.78, 5) is 25.0. The summed E-state index contributed by atoms with van der Waals surface area (Å²) in [5, 5.41) is 2.54. The Morgan fingerprint density at radius 3 is 2.41 bits per heavy atom. The van der Waals surface area contributed by atoms with Crippen LogP contribution in [0.5, 0.6) is 0 Å². The predicted molar refractivity (Wildman–Crippen MR) is 87.6 cm³/mol. The number of nitrogens with zero attached hydrogens (tertiary/aromatic N) is 1. The Labute approximate surface area is 132 Å². The van der Waals surface area contributed by atoms with Crippen LogP contribution in [-0.2, 0) is 15.0 Å². The first-order valence-corrected chi connectivity index (χ1v) is 7.70. The minimum atomic E-state index is -0.310. The van der Waals surface area contributed by atoms with Gasteiger partial charge in [0.25, 0.3) is 0 Å². The standard InChI is InChI=1S/C18H24N2O2/c1-4-16(21)19-13-17(22)20-11-9-18(3,10-12-20)15-7-5-14(2)6-8-15/h4-8H,1,9-13H2,2-3H3,(H,19,21). The first kappa shape index (κ1) is 16.3. The van der Waals surface area contributed by atoms with Crippen LogP contribution in [0.2, 0.25) is 0 Å². The lowest BCUT2D eigenvalue weighted by Crippen LogP contribution is -2.47. The molecule has 0 aromatic heterocycles. The average molecular weight is 300 g/mol. The molecule has 1 N–H and O–H groups in total. The second-order valence-corrected chi connectivity index (χ2v) is 6.23. The number of aryl methyl sites for hydroxylation is 1. The molecule has 1 fully saturated rings. The Hall–Kier alpha value is -2.10. The van der Waals surface area contributed by atoms with Gasteiger partial charge in [-0.3, -0.25) is 9.59 Å². The van der Waals surface area contributed by atoms with Crippen LogP contribution in [0.1, 0.15) is 30.9 Å². The van der Waals surface area contributed by atoms with Crippen molar-refractivity contribution in [3.63, 3.8) is 0 Å². The van der Waals surface area contributed by atoms with Gasteiger partial charge in [0.05, 0.1) is 6.54 Å². The van der Waals surface area contributed by atoms with Gasteiger partial charge in [-0.1, -0.05) is 43.3 Å². The van der Waals surface area contributed by atoms with Gasteiger partial charge >= 0.3 is 0 Å². The van der Waals surface area contributed by atoms with Gasteiger partial charge in [-0.25, -0.2) is 0 Å². The smallest absolute Gasteiger partial charge is 0.243 e. The number of rotatable bonds is 4. The summed E-state index contributed by atoms with van der Waals surface area (Å²) in [6.07, 6.45) is 3.06. The highest BCUT2D eigenvalue weighted by Crippen LogP contribution is 2.35. The molecule has 0 spiro atoms. The van der Waals surface area contributed by atoms with E-state index in [0.717, 1.165) is 25.9 Å². The largest absolute Gasteiger partial charge is 0.343 e. The Bertz CT molecular complexity index is 555. The Balaban J connectivity index is 1.91. The van der Waals surface area contributed by atoms with Crippen LogP contribution in [0.4, 0.5) is 0 Å². The van der Waals surface area contributed by atoms with Gasteiger partial charge in [0.15, 0.2) is 0 Å². The zero-order chi connectivity index (χ0) is 16.2. The topological polar surface area (TPSA) is 49.4 Å². The molecule has 1 saturated heterocycles. The van der Waals surface area contributed by atoms with Crippen LogP contribution in [0, 0.1) is 6.92 Å². The van der Waals surface area contributed by atoms with E-state index in [-0.39, 0.29) is 23.8 Å². The highest BCUT2D eigenvalue weighted by atomic mass is 16.2. The van der Waals surface area contributed by atoms with Crippen molar-refractivity contribution in [2.45, 2.75) is 32.1 Å². The minimum Gasteiger partial charge on any atom is -0.343 e. The van der Waals surface area contributed by atoms with E-state index in [4.69, 9.17) is 0 Å². The molecule has 1 heterocycles. The van der Waals surface area contributed by atoms with Gasteiger partial charge < -0.3 is 10.2 Å². The minimum absolute atomic E-state index is 0.0267. The number of hydrogen-bond donors (Lipinski definition) is 1. The number of carbonyl (C=O) groups is 2. The van der Waals surface area contributed by atoms with Crippen molar-refractivity contribution in [1.29, 1.82) is 0 Å². The second kappa shape index (κ2) is 6.77. The number of benzene rings is 1. The molecule has 0 radical (unpaired) electrons. The molecule has 0 aliphatic carbocycles. The molecule has 2 rings (SSSR count). The molecule has 1 aliphatic heterocycles. The van der Waals surface area contributed by atoms with E-state index in [1.54, 1.807) is 0 Å². The van der Waals surface area contributed by atoms with Gasteiger partial charge in [-0.2, -0.15) is 0 Å². The first-order valence-electron chi connectivity index (χ1n) is 7.70. The zero-order valence-electron chi connectivity index (χ0n) is 13.4. The lowest BCUT2D eigenvalue weighted by Gasteiger charge is -2.40. The Kier molecular flexibility index (Phi) is 5.01. The summed E-state index contributed by atoms with van der Waals surface area (Å²) in [7, 11) is 0. The number of likely N-dealkylation sites (tertiary alicyclic amines) is 1. The van der Waals surface area contributed by atoms with Crippen molar-refractivity contribution in [3.8, 4) is 0 Å². The quantitative estimate of drug-likeness (QED) is 0.867. The SMILES string of the molecule is C=CC(=O)NCC(=O)N1CCC(C)(c2ccc(C)cc2)CC1. The molecule has 22 heavy (non-hydrogen) atoms. The summed E-state index contributed by atoms with van der Waals surface area (Å²) < 4.78 is 0. The first-order chi connectivity index (χ1) is 10.4. The Morgan fingerprint density at radius 1 is 1.27 bits per heavy atom. The van der Waals surface area contributed by atoms with Crippen LogP contribution in [0.25, 0.3) is 0 Å². The average Bonchev–Trinajstić information content (AvgIpc) is 2.53. The third-order valence-electron chi connectivity index (χ3n) is 4.57. The maximum Gasteiger partial charge on any atom is 0.243 e.